The van der Waals surface area contributed by atoms with Crippen molar-refractivity contribution in [3.8, 4) is 0 Å². The van der Waals surface area contributed by atoms with Crippen LogP contribution in [0.1, 0.15) is 47.1 Å². The Bertz CT molecular complexity index is 874. The molecule has 1 aliphatic rings. The molecule has 0 saturated carbocycles. The summed E-state index contributed by atoms with van der Waals surface area (Å²) in [4.78, 5) is 32.1. The lowest BCUT2D eigenvalue weighted by Gasteiger charge is -2.42. The summed E-state index contributed by atoms with van der Waals surface area (Å²) >= 11 is 0. The Hall–Kier alpha value is -2.81. The van der Waals surface area contributed by atoms with Crippen LogP contribution in [-0.4, -0.2) is 82.4 Å². The third kappa shape index (κ3) is 8.85. The highest BCUT2D eigenvalue weighted by molar-refractivity contribution is 5.83. The van der Waals surface area contributed by atoms with E-state index in [0.717, 1.165) is 5.56 Å². The van der Waals surface area contributed by atoms with Gasteiger partial charge in [-0.25, -0.2) is 4.79 Å². The van der Waals surface area contributed by atoms with E-state index >= 15 is 0 Å². The lowest BCUT2D eigenvalue weighted by Crippen LogP contribution is -2.63. The molecule has 2 N–H and O–H groups in total. The van der Waals surface area contributed by atoms with Gasteiger partial charge in [-0.2, -0.15) is 0 Å². The maximum absolute atomic E-state index is 13.2. The third-order valence-corrected chi connectivity index (χ3v) is 5.30. The van der Waals surface area contributed by atoms with Gasteiger partial charge in [-0.05, 0) is 59.1 Å². The van der Waals surface area contributed by atoms with Crippen molar-refractivity contribution in [3.05, 3.63) is 46.3 Å². The van der Waals surface area contributed by atoms with Crippen LogP contribution in [0.4, 0.5) is 4.79 Å². The molecular formula is C24H38N6O4. The van der Waals surface area contributed by atoms with Crippen molar-refractivity contribution in [1.29, 1.82) is 0 Å². The number of carbonyl (C=O) groups is 2. The number of nitrogens with one attached hydrogen (secondary N) is 1. The molecule has 10 nitrogen and oxygen atoms in total. The highest BCUT2D eigenvalue weighted by Crippen LogP contribution is 2.19. The molecule has 1 aromatic rings. The van der Waals surface area contributed by atoms with E-state index in [1.54, 1.807) is 20.8 Å². The van der Waals surface area contributed by atoms with Crippen LogP contribution in [0.2, 0.25) is 0 Å². The minimum Gasteiger partial charge on any atom is -0.444 e. The number of carbonyl (C=O) groups excluding carboxylic acids is 2. The van der Waals surface area contributed by atoms with Gasteiger partial charge in [0.25, 0.3) is 0 Å². The molecule has 10 heteroatoms. The van der Waals surface area contributed by atoms with Crippen molar-refractivity contribution in [1.82, 2.24) is 15.1 Å². The zero-order chi connectivity index (χ0) is 25.5. The van der Waals surface area contributed by atoms with Gasteiger partial charge in [0, 0.05) is 36.6 Å². The Morgan fingerprint density at radius 3 is 2.41 bits per heavy atom. The SMILES string of the molecule is CC(C)(C)NC(=O)[C@@H]1CN(C(=O)OC(C)(C)C)CCN1C[C@@H](O)[C@H](Cc1ccccc1)N=[N+]=[N-]. The van der Waals surface area contributed by atoms with E-state index in [1.807, 2.05) is 56.0 Å². The Morgan fingerprint density at radius 1 is 1.21 bits per heavy atom. The van der Waals surface area contributed by atoms with E-state index in [1.165, 1.54) is 4.90 Å². The second kappa shape index (κ2) is 11.6. The molecule has 0 spiro atoms. The number of rotatable bonds is 7. The van der Waals surface area contributed by atoms with E-state index < -0.39 is 35.4 Å². The highest BCUT2D eigenvalue weighted by Gasteiger charge is 2.38. The summed E-state index contributed by atoms with van der Waals surface area (Å²) in [6.07, 6.45) is -1.09. The van der Waals surface area contributed by atoms with Crippen LogP contribution in [-0.2, 0) is 16.0 Å². The van der Waals surface area contributed by atoms with Crippen LogP contribution < -0.4 is 5.32 Å². The number of aliphatic hydroxyl groups is 1. The summed E-state index contributed by atoms with van der Waals surface area (Å²) < 4.78 is 5.49. The average molecular weight is 475 g/mol. The van der Waals surface area contributed by atoms with Gasteiger partial charge < -0.3 is 20.1 Å². The Morgan fingerprint density at radius 2 is 1.85 bits per heavy atom. The zero-order valence-corrected chi connectivity index (χ0v) is 21.1. The summed E-state index contributed by atoms with van der Waals surface area (Å²) in [5.41, 5.74) is 8.87. The van der Waals surface area contributed by atoms with Crippen molar-refractivity contribution in [3.63, 3.8) is 0 Å². The first-order chi connectivity index (χ1) is 15.8. The van der Waals surface area contributed by atoms with Crippen LogP contribution in [0.25, 0.3) is 10.4 Å². The second-order valence-corrected chi connectivity index (χ2v) is 10.7. The minimum atomic E-state index is -0.992. The molecular weight excluding hydrogens is 436 g/mol. The van der Waals surface area contributed by atoms with Crippen LogP contribution in [0.3, 0.4) is 0 Å². The fraction of sp³-hybridized carbons (Fsp3) is 0.667. The minimum absolute atomic E-state index is 0.126. The predicted molar refractivity (Wildman–Crippen MR) is 130 cm³/mol. The van der Waals surface area contributed by atoms with Gasteiger partial charge in [-0.3, -0.25) is 9.69 Å². The molecule has 2 amide bonds. The lowest BCUT2D eigenvalue weighted by molar-refractivity contribution is -0.131. The summed E-state index contributed by atoms with van der Waals surface area (Å²) in [5.74, 6) is -0.239. The monoisotopic (exact) mass is 474 g/mol. The molecule has 0 bridgehead atoms. The smallest absolute Gasteiger partial charge is 0.410 e. The van der Waals surface area contributed by atoms with Gasteiger partial charge in [0.05, 0.1) is 12.1 Å². The van der Waals surface area contributed by atoms with Crippen LogP contribution in [0, 0.1) is 0 Å². The van der Waals surface area contributed by atoms with Crippen molar-refractivity contribution in [2.45, 2.75) is 77.3 Å². The predicted octanol–water partition coefficient (Wildman–Crippen LogP) is 3.10. The van der Waals surface area contributed by atoms with E-state index in [2.05, 4.69) is 15.3 Å². The zero-order valence-electron chi connectivity index (χ0n) is 21.1. The molecule has 2 rings (SSSR count). The van der Waals surface area contributed by atoms with E-state index in [9.17, 15) is 14.7 Å². The van der Waals surface area contributed by atoms with Crippen molar-refractivity contribution >= 4 is 12.0 Å². The molecule has 34 heavy (non-hydrogen) atoms. The quantitative estimate of drug-likeness (QED) is 0.356. The number of amides is 2. The number of hydrogen-bond donors (Lipinski definition) is 2. The van der Waals surface area contributed by atoms with Crippen LogP contribution >= 0.6 is 0 Å². The summed E-state index contributed by atoms with van der Waals surface area (Å²) in [5, 5.41) is 17.8. The van der Waals surface area contributed by atoms with Crippen LogP contribution in [0.15, 0.2) is 35.4 Å². The summed E-state index contributed by atoms with van der Waals surface area (Å²) in [6, 6.07) is 8.11. The number of nitrogens with zero attached hydrogens (tertiary/aromatic N) is 5. The van der Waals surface area contributed by atoms with Gasteiger partial charge >= 0.3 is 6.09 Å². The number of β-amino-alcohol motifs (C(OH)–C–C–N with tert-alkyl or cyclic N) is 1. The number of hydrogen-bond acceptors (Lipinski definition) is 6. The molecule has 0 unspecified atom stereocenters. The molecule has 1 fully saturated rings. The maximum atomic E-state index is 13.2. The number of azide groups is 1. The normalized spacial score (nSPS) is 19.0. The van der Waals surface area contributed by atoms with E-state index in [-0.39, 0.29) is 19.0 Å². The molecule has 188 valence electrons. The van der Waals surface area contributed by atoms with Gasteiger partial charge in [-0.15, -0.1) is 0 Å². The third-order valence-electron chi connectivity index (χ3n) is 5.30. The maximum Gasteiger partial charge on any atom is 0.410 e. The first-order valence-corrected chi connectivity index (χ1v) is 11.6. The Labute approximate surface area is 201 Å². The Kier molecular flexibility index (Phi) is 9.32. The number of aliphatic hydroxyl groups excluding tert-OH is 1. The molecule has 3 atom stereocenters. The molecule has 1 saturated heterocycles. The number of benzene rings is 1. The van der Waals surface area contributed by atoms with Crippen molar-refractivity contribution in [2.24, 2.45) is 5.11 Å². The summed E-state index contributed by atoms with van der Waals surface area (Å²) in [7, 11) is 0. The second-order valence-electron chi connectivity index (χ2n) is 10.7. The molecule has 1 heterocycles. The van der Waals surface area contributed by atoms with Crippen LogP contribution in [0.5, 0.6) is 0 Å². The molecule has 1 aliphatic heterocycles. The van der Waals surface area contributed by atoms with Crippen molar-refractivity contribution < 1.29 is 19.4 Å². The van der Waals surface area contributed by atoms with E-state index in [0.29, 0.717) is 19.5 Å². The molecule has 0 aliphatic carbocycles. The van der Waals surface area contributed by atoms with Crippen molar-refractivity contribution in [2.75, 3.05) is 26.2 Å². The van der Waals surface area contributed by atoms with Gasteiger partial charge in [0.2, 0.25) is 5.91 Å². The fourth-order valence-corrected chi connectivity index (χ4v) is 3.77. The first-order valence-electron chi connectivity index (χ1n) is 11.6. The molecule has 1 aromatic carbocycles. The molecule has 0 radical (unpaired) electrons. The fourth-order valence-electron chi connectivity index (χ4n) is 3.77. The number of ether oxygens (including phenoxy) is 1. The Balaban J connectivity index is 2.18. The topological polar surface area (TPSA) is 131 Å². The highest BCUT2D eigenvalue weighted by atomic mass is 16.6. The largest absolute Gasteiger partial charge is 0.444 e. The summed E-state index contributed by atoms with van der Waals surface area (Å²) in [6.45, 7) is 12.0. The standard InChI is InChI=1S/C24H38N6O4/c1-23(2,3)26-21(32)19-15-30(22(33)34-24(4,5)6)13-12-29(19)16-20(31)18(27-28-25)14-17-10-8-7-9-11-17/h7-11,18-20,31H,12-16H2,1-6H3,(H,26,32)/t18-,19-,20+/m0/s1. The van der Waals surface area contributed by atoms with Gasteiger partial charge in [0.15, 0.2) is 0 Å². The van der Waals surface area contributed by atoms with Gasteiger partial charge in [0.1, 0.15) is 11.6 Å². The van der Waals surface area contributed by atoms with Gasteiger partial charge in [-0.1, -0.05) is 35.4 Å². The number of piperazine rings is 1. The lowest BCUT2D eigenvalue weighted by atomic mass is 10.00. The first kappa shape index (κ1) is 27.4. The molecule has 0 aromatic heterocycles. The van der Waals surface area contributed by atoms with E-state index in [4.69, 9.17) is 10.3 Å². The average Bonchev–Trinajstić information content (AvgIpc) is 2.72.